The summed E-state index contributed by atoms with van der Waals surface area (Å²) in [6, 6.07) is 0. The van der Waals surface area contributed by atoms with E-state index in [1.165, 1.54) is 51.4 Å². The average Bonchev–Trinajstić information content (AvgIpc) is 2.59. The van der Waals surface area contributed by atoms with Crippen LogP contribution in [0.15, 0.2) is 12.2 Å². The molecule has 0 aromatic heterocycles. The van der Waals surface area contributed by atoms with Crippen LogP contribution in [-0.2, 0) is 19.1 Å². The fraction of sp³-hybridized carbons (Fsp3) is 0.810. The van der Waals surface area contributed by atoms with Crippen molar-refractivity contribution < 1.29 is 19.1 Å². The van der Waals surface area contributed by atoms with E-state index in [0.29, 0.717) is 19.6 Å². The van der Waals surface area contributed by atoms with Crippen molar-refractivity contribution in [3.63, 3.8) is 0 Å². The summed E-state index contributed by atoms with van der Waals surface area (Å²) in [6.45, 7) is 4.83. The van der Waals surface area contributed by atoms with Crippen LogP contribution in [-0.4, -0.2) is 25.2 Å². The third-order valence-electron chi connectivity index (χ3n) is 4.01. The van der Waals surface area contributed by atoms with Gasteiger partial charge in [0.05, 0.1) is 13.2 Å². The van der Waals surface area contributed by atoms with Gasteiger partial charge in [0, 0.05) is 12.8 Å². The summed E-state index contributed by atoms with van der Waals surface area (Å²) in [5.41, 5.74) is 0. The smallest absolute Gasteiger partial charge is 0.305 e. The standard InChI is InChI=1S/C21H38O4/c1-3-5-6-7-8-9-10-11-12-13-14-15-19-25-21(23)18-16-17-20(22)24-4-2/h13-14H,3-12,15-19H2,1-2H3/b14-13+. The largest absolute Gasteiger partial charge is 0.466 e. The Balaban J connectivity index is 3.31. The molecule has 0 aliphatic heterocycles. The van der Waals surface area contributed by atoms with Gasteiger partial charge in [0.15, 0.2) is 0 Å². The van der Waals surface area contributed by atoms with Crippen molar-refractivity contribution in [1.82, 2.24) is 0 Å². The Hall–Kier alpha value is -1.32. The van der Waals surface area contributed by atoms with Crippen molar-refractivity contribution in [2.75, 3.05) is 13.2 Å². The van der Waals surface area contributed by atoms with Crippen molar-refractivity contribution in [2.24, 2.45) is 0 Å². The minimum absolute atomic E-state index is 0.235. The third kappa shape index (κ3) is 18.9. The van der Waals surface area contributed by atoms with Gasteiger partial charge >= 0.3 is 11.9 Å². The first-order valence-electron chi connectivity index (χ1n) is 10.2. The van der Waals surface area contributed by atoms with E-state index in [2.05, 4.69) is 19.1 Å². The summed E-state index contributed by atoms with van der Waals surface area (Å²) in [6.07, 6.45) is 17.9. The molecule has 0 radical (unpaired) electrons. The molecular formula is C21H38O4. The molecule has 25 heavy (non-hydrogen) atoms. The van der Waals surface area contributed by atoms with Crippen LogP contribution in [0.3, 0.4) is 0 Å². The van der Waals surface area contributed by atoms with E-state index in [9.17, 15) is 9.59 Å². The molecule has 0 saturated carbocycles. The Bertz CT molecular complexity index is 350. The summed E-state index contributed by atoms with van der Waals surface area (Å²) >= 11 is 0. The summed E-state index contributed by atoms with van der Waals surface area (Å²) in [5.74, 6) is -0.486. The Morgan fingerprint density at radius 3 is 1.88 bits per heavy atom. The second-order valence-corrected chi connectivity index (χ2v) is 6.40. The Kier molecular flexibility index (Phi) is 18.0. The minimum atomic E-state index is -0.251. The molecule has 0 rings (SSSR count). The van der Waals surface area contributed by atoms with Crippen molar-refractivity contribution in [3.8, 4) is 0 Å². The molecule has 0 aromatic rings. The predicted molar refractivity (Wildman–Crippen MR) is 102 cm³/mol. The first kappa shape index (κ1) is 23.7. The van der Waals surface area contributed by atoms with Crippen LogP contribution in [0.25, 0.3) is 0 Å². The number of hydrogen-bond donors (Lipinski definition) is 0. The molecule has 0 spiro atoms. The number of allylic oxidation sites excluding steroid dienone is 1. The normalized spacial score (nSPS) is 11.0. The van der Waals surface area contributed by atoms with Gasteiger partial charge in [-0.3, -0.25) is 9.59 Å². The molecular weight excluding hydrogens is 316 g/mol. The fourth-order valence-corrected chi connectivity index (χ4v) is 2.55. The number of carbonyl (C=O) groups excluding carboxylic acids is 2. The van der Waals surface area contributed by atoms with Crippen LogP contribution in [0.5, 0.6) is 0 Å². The number of carbonyl (C=O) groups is 2. The van der Waals surface area contributed by atoms with Crippen molar-refractivity contribution in [3.05, 3.63) is 12.2 Å². The van der Waals surface area contributed by atoms with Crippen molar-refractivity contribution in [1.29, 1.82) is 0 Å². The quantitative estimate of drug-likeness (QED) is 0.190. The second kappa shape index (κ2) is 19.0. The van der Waals surface area contributed by atoms with Gasteiger partial charge in [0.1, 0.15) is 0 Å². The molecule has 0 N–H and O–H groups in total. The van der Waals surface area contributed by atoms with Crippen LogP contribution in [0, 0.1) is 0 Å². The first-order valence-corrected chi connectivity index (χ1v) is 10.2. The van der Waals surface area contributed by atoms with Crippen LogP contribution in [0.2, 0.25) is 0 Å². The number of unbranched alkanes of at least 4 members (excludes halogenated alkanes) is 8. The highest BCUT2D eigenvalue weighted by Gasteiger charge is 2.06. The fourth-order valence-electron chi connectivity index (χ4n) is 2.55. The van der Waals surface area contributed by atoms with E-state index in [0.717, 1.165) is 12.8 Å². The molecule has 0 saturated heterocycles. The zero-order chi connectivity index (χ0) is 18.6. The van der Waals surface area contributed by atoms with E-state index in [4.69, 9.17) is 9.47 Å². The molecule has 0 unspecified atom stereocenters. The van der Waals surface area contributed by atoms with Gasteiger partial charge in [-0.05, 0) is 32.6 Å². The molecule has 0 heterocycles. The van der Waals surface area contributed by atoms with E-state index in [-0.39, 0.29) is 24.8 Å². The SMILES string of the molecule is CCCCCCCCCC/C=C/CCOC(=O)CCCC(=O)OCC. The van der Waals surface area contributed by atoms with E-state index in [1.54, 1.807) is 6.92 Å². The molecule has 4 nitrogen and oxygen atoms in total. The van der Waals surface area contributed by atoms with Gasteiger partial charge in [-0.2, -0.15) is 0 Å². The first-order chi connectivity index (χ1) is 12.2. The molecule has 146 valence electrons. The highest BCUT2D eigenvalue weighted by Crippen LogP contribution is 2.09. The molecule has 0 bridgehead atoms. The zero-order valence-electron chi connectivity index (χ0n) is 16.4. The lowest BCUT2D eigenvalue weighted by Gasteiger charge is -2.03. The van der Waals surface area contributed by atoms with E-state index in [1.807, 2.05) is 0 Å². The van der Waals surface area contributed by atoms with Crippen molar-refractivity contribution >= 4 is 11.9 Å². The topological polar surface area (TPSA) is 52.6 Å². The zero-order valence-corrected chi connectivity index (χ0v) is 16.4. The molecule has 0 amide bonds. The molecule has 0 aromatic carbocycles. The predicted octanol–water partition coefficient (Wildman–Crippen LogP) is 5.74. The number of rotatable bonds is 17. The molecule has 0 aliphatic carbocycles. The highest BCUT2D eigenvalue weighted by molar-refractivity contribution is 5.72. The van der Waals surface area contributed by atoms with Gasteiger partial charge in [-0.25, -0.2) is 0 Å². The van der Waals surface area contributed by atoms with Crippen molar-refractivity contribution in [2.45, 2.75) is 97.3 Å². The summed E-state index contributed by atoms with van der Waals surface area (Å²) in [4.78, 5) is 22.6. The third-order valence-corrected chi connectivity index (χ3v) is 4.01. The molecule has 4 heteroatoms. The van der Waals surface area contributed by atoms with E-state index >= 15 is 0 Å². The average molecular weight is 355 g/mol. The molecule has 0 atom stereocenters. The van der Waals surface area contributed by atoms with Gasteiger partial charge in [-0.1, -0.05) is 64.0 Å². The number of hydrogen-bond acceptors (Lipinski definition) is 4. The van der Waals surface area contributed by atoms with Gasteiger partial charge in [-0.15, -0.1) is 0 Å². The Morgan fingerprint density at radius 1 is 0.680 bits per heavy atom. The monoisotopic (exact) mass is 354 g/mol. The Labute approximate surface area is 154 Å². The van der Waals surface area contributed by atoms with Gasteiger partial charge in [0.2, 0.25) is 0 Å². The number of esters is 2. The summed E-state index contributed by atoms with van der Waals surface area (Å²) in [7, 11) is 0. The van der Waals surface area contributed by atoms with Crippen LogP contribution >= 0.6 is 0 Å². The van der Waals surface area contributed by atoms with E-state index < -0.39 is 0 Å². The Morgan fingerprint density at radius 2 is 1.24 bits per heavy atom. The summed E-state index contributed by atoms with van der Waals surface area (Å²) < 4.78 is 9.94. The van der Waals surface area contributed by atoms with Gasteiger partial charge in [0.25, 0.3) is 0 Å². The lowest BCUT2D eigenvalue weighted by Crippen LogP contribution is -2.08. The lowest BCUT2D eigenvalue weighted by molar-refractivity contribution is -0.145. The minimum Gasteiger partial charge on any atom is -0.466 e. The van der Waals surface area contributed by atoms with Gasteiger partial charge < -0.3 is 9.47 Å². The highest BCUT2D eigenvalue weighted by atomic mass is 16.5. The lowest BCUT2D eigenvalue weighted by atomic mass is 10.1. The van der Waals surface area contributed by atoms with Crippen LogP contribution in [0.4, 0.5) is 0 Å². The maximum Gasteiger partial charge on any atom is 0.305 e. The van der Waals surface area contributed by atoms with Crippen LogP contribution < -0.4 is 0 Å². The second-order valence-electron chi connectivity index (χ2n) is 6.40. The van der Waals surface area contributed by atoms with Crippen LogP contribution in [0.1, 0.15) is 97.3 Å². The number of ether oxygens (including phenoxy) is 2. The molecule has 0 aliphatic rings. The molecule has 0 fully saturated rings. The summed E-state index contributed by atoms with van der Waals surface area (Å²) in [5, 5.41) is 0. The maximum atomic E-state index is 11.5. The maximum absolute atomic E-state index is 11.5.